The molecule has 24 nitrogen and oxygen atoms in total. The fourth-order valence-corrected chi connectivity index (χ4v) is 10.1. The van der Waals surface area contributed by atoms with Gasteiger partial charge in [0.1, 0.15) is 36.5 Å². The molecule has 8 rings (SSSR count). The van der Waals surface area contributed by atoms with Gasteiger partial charge in [-0.25, -0.2) is 5.43 Å². The van der Waals surface area contributed by atoms with Crippen LogP contribution in [-0.4, -0.2) is 193 Å². The Kier molecular flexibility index (Phi) is 24.6. The van der Waals surface area contributed by atoms with Crippen molar-refractivity contribution in [3.05, 3.63) is 130 Å². The van der Waals surface area contributed by atoms with E-state index in [0.717, 1.165) is 40.4 Å². The first-order chi connectivity index (χ1) is 42.3. The summed E-state index contributed by atoms with van der Waals surface area (Å²) in [4.78, 5) is 81.2. The lowest BCUT2D eigenvalue weighted by molar-refractivity contribution is -0.137. The molecule has 0 saturated carbocycles. The molecule has 3 aliphatic heterocycles. The van der Waals surface area contributed by atoms with Gasteiger partial charge < -0.3 is 58.3 Å². The van der Waals surface area contributed by atoms with Gasteiger partial charge in [-0.3, -0.25) is 44.1 Å². The number of fused-ring (bicyclic) bond motifs is 1. The third-order valence-electron chi connectivity index (χ3n) is 14.6. The molecule has 3 aliphatic rings. The molecular formula is C63H76N10O14. The van der Waals surface area contributed by atoms with E-state index < -0.39 is 11.9 Å². The molecule has 5 aromatic rings. The number of methoxy groups -OCH3 is 2. The van der Waals surface area contributed by atoms with E-state index in [1.165, 1.54) is 4.90 Å². The fourth-order valence-electron chi connectivity index (χ4n) is 10.1. The number of benzene rings is 4. The largest absolute Gasteiger partial charge is 0.497 e. The van der Waals surface area contributed by atoms with Crippen LogP contribution in [0.25, 0.3) is 0 Å². The first-order valence-electron chi connectivity index (χ1n) is 29.0. The molecular weight excluding hydrogens is 1120 g/mol. The number of nitrogens with one attached hydrogen (secondary N) is 5. The van der Waals surface area contributed by atoms with Crippen molar-refractivity contribution in [1.82, 2.24) is 36.1 Å². The number of piperazine rings is 1. The molecule has 1 unspecified atom stereocenters. The summed E-state index contributed by atoms with van der Waals surface area (Å²) in [6.45, 7) is 9.54. The third kappa shape index (κ3) is 19.7. The maximum atomic E-state index is 13.1. The number of anilines is 2. The van der Waals surface area contributed by atoms with E-state index in [1.807, 2.05) is 72.8 Å². The van der Waals surface area contributed by atoms with Crippen molar-refractivity contribution in [3.63, 3.8) is 0 Å². The molecule has 1 aromatic heterocycles. The minimum Gasteiger partial charge on any atom is -0.497 e. The van der Waals surface area contributed by atoms with Crippen LogP contribution in [-0.2, 0) is 62.2 Å². The molecule has 2 saturated heterocycles. The van der Waals surface area contributed by atoms with Crippen molar-refractivity contribution in [2.24, 2.45) is 5.10 Å². The Morgan fingerprint density at radius 1 is 0.747 bits per heavy atom. The van der Waals surface area contributed by atoms with Gasteiger partial charge in [0.15, 0.2) is 5.82 Å². The van der Waals surface area contributed by atoms with Gasteiger partial charge in [-0.2, -0.15) is 10.2 Å². The molecule has 0 aliphatic carbocycles. The molecule has 87 heavy (non-hydrogen) atoms. The van der Waals surface area contributed by atoms with Gasteiger partial charge >= 0.3 is 0 Å². The van der Waals surface area contributed by atoms with Gasteiger partial charge in [-0.1, -0.05) is 17.9 Å². The quantitative estimate of drug-likeness (QED) is 0.0134. The molecule has 24 heteroatoms. The minimum atomic E-state index is -0.709. The molecule has 0 spiro atoms. The number of imide groups is 1. The number of piperidine rings is 1. The summed E-state index contributed by atoms with van der Waals surface area (Å²) < 4.78 is 44.2. The number of hydrogen-bond acceptors (Lipinski definition) is 18. The monoisotopic (exact) mass is 1200 g/mol. The van der Waals surface area contributed by atoms with Gasteiger partial charge in [0.05, 0.1) is 93.0 Å². The van der Waals surface area contributed by atoms with Gasteiger partial charge in [0.25, 0.3) is 17.7 Å². The molecule has 2 fully saturated rings. The molecule has 5 N–H and O–H groups in total. The molecule has 0 radical (unpaired) electrons. The Bertz CT molecular complexity index is 3180. The number of hydrazone groups is 1. The normalized spacial score (nSPS) is 16.7. The first kappa shape index (κ1) is 64.3. The Hall–Kier alpha value is -8.70. The lowest BCUT2D eigenvalue weighted by Crippen LogP contribution is -2.58. The molecule has 4 aromatic carbocycles. The second-order valence-corrected chi connectivity index (χ2v) is 20.8. The average molecular weight is 1200 g/mol. The van der Waals surface area contributed by atoms with Gasteiger partial charge in [-0.15, -0.1) is 0 Å². The predicted octanol–water partition coefficient (Wildman–Crippen LogP) is 3.90. The van der Waals surface area contributed by atoms with E-state index in [0.29, 0.717) is 113 Å². The number of aryl methyl sites for hydroxylation is 2. The number of aromatic nitrogens is 2. The fraction of sp³-hybridized carbons (Fsp3) is 0.429. The smallest absolute Gasteiger partial charge is 0.256 e. The Morgan fingerprint density at radius 3 is 2.06 bits per heavy atom. The topological polar surface area (TPSA) is 275 Å². The van der Waals surface area contributed by atoms with Crippen LogP contribution in [0.4, 0.5) is 11.5 Å². The number of hydrogen-bond donors (Lipinski definition) is 5. The lowest BCUT2D eigenvalue weighted by Gasteiger charge is -2.45. The highest BCUT2D eigenvalue weighted by Gasteiger charge is 2.40. The van der Waals surface area contributed by atoms with Crippen molar-refractivity contribution < 1.29 is 66.7 Å². The van der Waals surface area contributed by atoms with Gasteiger partial charge in [0, 0.05) is 78.3 Å². The standard InChI is InChI=1S/C63H76N10O14/c1-43-38-71(50-16-13-48(14-17-50)61(77)66-57-35-49(68-69-57)15-10-46-33-52(80-3)36-53(34-46)81-4)39-44(2)72(43)41-59(75)70-65-37-45-11-18-51(19-12-45)87-32-31-85-28-27-83-24-23-82-25-26-84-29-30-86-42-60(76)64-22-6-8-47-7-5-9-54-55(47)40-73(63(54)79)56-20-21-58(74)67-62(56)78/h5,7,9,11-14,16-19,33-37,43-44,56H,10,15,20-32,38-42H2,1-4H3,(H,64,76)(H,70,75)(H,67,74,78)(H2,66,68,69,77)/b65-37+/t43-,44+,56?. The molecule has 4 heterocycles. The molecule has 462 valence electrons. The van der Waals surface area contributed by atoms with Crippen molar-refractivity contribution in [1.29, 1.82) is 0 Å². The van der Waals surface area contributed by atoms with Crippen molar-refractivity contribution in [3.8, 4) is 29.1 Å². The number of carbonyl (C=O) groups is 6. The Morgan fingerprint density at radius 2 is 1.40 bits per heavy atom. The van der Waals surface area contributed by atoms with Crippen LogP contribution < -0.4 is 40.5 Å². The maximum absolute atomic E-state index is 13.1. The van der Waals surface area contributed by atoms with Crippen LogP contribution in [0.2, 0.25) is 0 Å². The molecule has 3 atom stereocenters. The van der Waals surface area contributed by atoms with E-state index in [-0.39, 0.29) is 87.3 Å². The number of aromatic amines is 1. The highest BCUT2D eigenvalue weighted by Crippen LogP contribution is 2.30. The molecule has 0 bridgehead atoms. The van der Waals surface area contributed by atoms with E-state index >= 15 is 0 Å². The van der Waals surface area contributed by atoms with Crippen LogP contribution in [0.15, 0.2) is 96.1 Å². The second kappa shape index (κ2) is 33.3. The molecule has 6 amide bonds. The number of H-pyrrole nitrogens is 1. The number of amides is 6. The van der Waals surface area contributed by atoms with Crippen LogP contribution >= 0.6 is 0 Å². The number of ether oxygens (including phenoxy) is 8. The van der Waals surface area contributed by atoms with Crippen molar-refractivity contribution >= 4 is 53.2 Å². The second-order valence-electron chi connectivity index (χ2n) is 20.8. The highest BCUT2D eigenvalue weighted by atomic mass is 16.6. The zero-order valence-electron chi connectivity index (χ0n) is 49.6. The Balaban J connectivity index is 0.592. The summed E-state index contributed by atoms with van der Waals surface area (Å²) in [7, 11) is 3.25. The van der Waals surface area contributed by atoms with Gasteiger partial charge in [0.2, 0.25) is 17.7 Å². The number of carbonyl (C=O) groups excluding carboxylic acids is 6. The zero-order valence-corrected chi connectivity index (χ0v) is 49.6. The van der Waals surface area contributed by atoms with Gasteiger partial charge in [-0.05, 0) is 123 Å². The SMILES string of the molecule is COc1cc(CCc2cc(NC(=O)c3ccc(N4C[C@@H](C)N(CC(=O)N/N=C/c5ccc(OCCOCCOCCOCCOCCOCC(=O)NCC#Cc6cccc7c6CN(C6CCC(=O)NC6=O)C7=O)cc5)[C@@H](C)C4)cc3)n[nH]2)cc(OC)c1. The minimum absolute atomic E-state index is 0.0773. The predicted molar refractivity (Wildman–Crippen MR) is 322 cm³/mol. The summed E-state index contributed by atoms with van der Waals surface area (Å²) >= 11 is 0. The average Bonchev–Trinajstić information content (AvgIpc) is 4.27. The number of rotatable bonds is 32. The Labute approximate surface area is 505 Å². The zero-order chi connectivity index (χ0) is 61.3. The lowest BCUT2D eigenvalue weighted by atomic mass is 10.0. The summed E-state index contributed by atoms with van der Waals surface area (Å²) in [5, 5.41) is 19.4. The van der Waals surface area contributed by atoms with E-state index in [2.05, 4.69) is 72.2 Å². The summed E-state index contributed by atoms with van der Waals surface area (Å²) in [6.07, 6.45) is 3.47. The maximum Gasteiger partial charge on any atom is 0.256 e. The van der Waals surface area contributed by atoms with Crippen LogP contribution in [0.1, 0.15) is 75.4 Å². The van der Waals surface area contributed by atoms with E-state index in [1.54, 1.807) is 38.6 Å². The summed E-state index contributed by atoms with van der Waals surface area (Å²) in [5.41, 5.74) is 8.74. The van der Waals surface area contributed by atoms with Crippen molar-refractivity contribution in [2.75, 3.05) is 123 Å². The first-order valence-corrected chi connectivity index (χ1v) is 29.0. The highest BCUT2D eigenvalue weighted by molar-refractivity contribution is 6.06. The van der Waals surface area contributed by atoms with E-state index in [9.17, 15) is 28.8 Å². The van der Waals surface area contributed by atoms with Crippen LogP contribution in [0, 0.1) is 11.8 Å². The number of nitrogens with zero attached hydrogens (tertiary/aromatic N) is 5. The van der Waals surface area contributed by atoms with Crippen LogP contribution in [0.3, 0.4) is 0 Å². The van der Waals surface area contributed by atoms with Crippen LogP contribution in [0.5, 0.6) is 17.2 Å². The van der Waals surface area contributed by atoms with E-state index in [4.69, 9.17) is 37.9 Å². The summed E-state index contributed by atoms with van der Waals surface area (Å²) in [5.74, 6) is 6.61. The summed E-state index contributed by atoms with van der Waals surface area (Å²) in [6, 6.07) is 27.1. The third-order valence-corrected chi connectivity index (χ3v) is 14.6. The van der Waals surface area contributed by atoms with Crippen molar-refractivity contribution in [2.45, 2.75) is 64.2 Å².